The van der Waals surface area contributed by atoms with E-state index in [9.17, 15) is 10.1 Å². The molecule has 0 aromatic heterocycles. The number of carbonyl (C=O) groups is 1. The lowest BCUT2D eigenvalue weighted by atomic mass is 9.93. The highest BCUT2D eigenvalue weighted by molar-refractivity contribution is 6.05. The molecular formula is C22H21NO3. The molecule has 0 unspecified atom stereocenters. The molecule has 0 amide bonds. The van der Waals surface area contributed by atoms with Crippen LogP contribution in [0, 0.1) is 11.3 Å². The van der Waals surface area contributed by atoms with Gasteiger partial charge >= 0.3 is 5.97 Å². The predicted molar refractivity (Wildman–Crippen MR) is 101 cm³/mol. The van der Waals surface area contributed by atoms with Crippen LogP contribution in [0.1, 0.15) is 24.0 Å². The first-order valence-corrected chi connectivity index (χ1v) is 8.33. The number of benzene rings is 2. The van der Waals surface area contributed by atoms with Gasteiger partial charge in [0.2, 0.25) is 0 Å². The van der Waals surface area contributed by atoms with Gasteiger partial charge in [-0.25, -0.2) is 4.79 Å². The molecule has 0 atom stereocenters. The van der Waals surface area contributed by atoms with Gasteiger partial charge < -0.3 is 9.47 Å². The summed E-state index contributed by atoms with van der Waals surface area (Å²) in [6, 6.07) is 18.6. The highest BCUT2D eigenvalue weighted by Gasteiger charge is 2.20. The molecule has 0 aliphatic heterocycles. The predicted octanol–water partition coefficient (Wildman–Crippen LogP) is 4.53. The maximum absolute atomic E-state index is 12.5. The number of nitriles is 1. The third-order valence-electron chi connectivity index (χ3n) is 3.79. The van der Waals surface area contributed by atoms with Crippen molar-refractivity contribution in [2.75, 3.05) is 13.7 Å². The van der Waals surface area contributed by atoms with Crippen molar-refractivity contribution in [1.29, 1.82) is 5.26 Å². The zero-order chi connectivity index (χ0) is 18.8. The largest absolute Gasteiger partial charge is 0.497 e. The van der Waals surface area contributed by atoms with Crippen LogP contribution in [0.25, 0.3) is 5.57 Å². The molecular weight excluding hydrogens is 326 g/mol. The molecule has 0 saturated carbocycles. The highest BCUT2D eigenvalue weighted by atomic mass is 16.5. The molecule has 0 aliphatic rings. The summed E-state index contributed by atoms with van der Waals surface area (Å²) < 4.78 is 10.5. The van der Waals surface area contributed by atoms with E-state index in [4.69, 9.17) is 9.47 Å². The number of carbonyl (C=O) groups excluding carboxylic acids is 1. The monoisotopic (exact) mass is 347 g/mol. The Kier molecular flexibility index (Phi) is 7.20. The lowest BCUT2D eigenvalue weighted by molar-refractivity contribution is -0.138. The summed E-state index contributed by atoms with van der Waals surface area (Å²) in [5.41, 5.74) is 2.05. The van der Waals surface area contributed by atoms with Crippen molar-refractivity contribution in [3.63, 3.8) is 0 Å². The second-order valence-electron chi connectivity index (χ2n) is 5.52. The van der Waals surface area contributed by atoms with Gasteiger partial charge in [0.05, 0.1) is 13.7 Å². The molecule has 2 aromatic carbocycles. The molecule has 0 N–H and O–H groups in total. The average Bonchev–Trinajstić information content (AvgIpc) is 2.70. The van der Waals surface area contributed by atoms with Crippen LogP contribution >= 0.6 is 0 Å². The molecule has 4 nitrogen and oxygen atoms in total. The first-order valence-electron chi connectivity index (χ1n) is 8.33. The van der Waals surface area contributed by atoms with Crippen molar-refractivity contribution in [2.45, 2.75) is 12.8 Å². The second-order valence-corrected chi connectivity index (χ2v) is 5.52. The zero-order valence-corrected chi connectivity index (χ0v) is 14.8. The Balaban J connectivity index is 2.45. The molecule has 0 saturated heterocycles. The Morgan fingerprint density at radius 3 is 2.35 bits per heavy atom. The van der Waals surface area contributed by atoms with Crippen molar-refractivity contribution in [2.24, 2.45) is 0 Å². The molecule has 132 valence electrons. The fraction of sp³-hybridized carbons (Fsp3) is 0.182. The van der Waals surface area contributed by atoms with Gasteiger partial charge in [-0.05, 0) is 36.1 Å². The van der Waals surface area contributed by atoms with E-state index in [-0.39, 0.29) is 12.2 Å². The summed E-state index contributed by atoms with van der Waals surface area (Å²) in [7, 11) is 1.59. The number of ether oxygens (including phenoxy) is 2. The number of nitrogens with zero attached hydrogens (tertiary/aromatic N) is 1. The lowest BCUT2D eigenvalue weighted by Crippen LogP contribution is -2.10. The van der Waals surface area contributed by atoms with Gasteiger partial charge in [0, 0.05) is 5.57 Å². The van der Waals surface area contributed by atoms with Crippen LogP contribution in [-0.4, -0.2) is 19.7 Å². The van der Waals surface area contributed by atoms with E-state index >= 15 is 0 Å². The smallest absolute Gasteiger partial charge is 0.349 e. The summed E-state index contributed by atoms with van der Waals surface area (Å²) in [5.74, 6) is 0.0814. The minimum absolute atomic E-state index is 0.0139. The van der Waals surface area contributed by atoms with Crippen molar-refractivity contribution in [1.82, 2.24) is 0 Å². The summed E-state index contributed by atoms with van der Waals surface area (Å²) in [6.45, 7) is 3.89. The maximum atomic E-state index is 12.5. The van der Waals surface area contributed by atoms with Crippen molar-refractivity contribution in [3.8, 4) is 11.8 Å². The number of hydrogen-bond acceptors (Lipinski definition) is 4. The van der Waals surface area contributed by atoms with Crippen LogP contribution in [0.3, 0.4) is 0 Å². The Morgan fingerprint density at radius 1 is 1.12 bits per heavy atom. The molecule has 0 heterocycles. The van der Waals surface area contributed by atoms with Crippen molar-refractivity contribution >= 4 is 11.5 Å². The van der Waals surface area contributed by atoms with E-state index in [1.54, 1.807) is 25.3 Å². The van der Waals surface area contributed by atoms with Gasteiger partial charge in [-0.1, -0.05) is 48.5 Å². The minimum atomic E-state index is -0.619. The molecule has 4 heteroatoms. The molecule has 0 bridgehead atoms. The number of hydrogen-bond donors (Lipinski definition) is 0. The third-order valence-corrected chi connectivity index (χ3v) is 3.79. The molecule has 0 fully saturated rings. The lowest BCUT2D eigenvalue weighted by Gasteiger charge is -2.12. The number of esters is 1. The first-order chi connectivity index (χ1) is 12.7. The molecule has 26 heavy (non-hydrogen) atoms. The third kappa shape index (κ3) is 4.84. The summed E-state index contributed by atoms with van der Waals surface area (Å²) in [4.78, 5) is 12.5. The van der Waals surface area contributed by atoms with Crippen LogP contribution in [0.4, 0.5) is 0 Å². The number of rotatable bonds is 8. The minimum Gasteiger partial charge on any atom is -0.497 e. The molecule has 2 aromatic rings. The van der Waals surface area contributed by atoms with Crippen LogP contribution in [0.2, 0.25) is 0 Å². The fourth-order valence-electron chi connectivity index (χ4n) is 2.49. The quantitative estimate of drug-likeness (QED) is 0.231. The standard InChI is InChI=1S/C22H21NO3/c1-3-4-8-15-26-22(24)20(16-23)21(17-9-6-5-7-10-17)18-11-13-19(25-2)14-12-18/h3,5-7,9-14H,1,4,8,15H2,2H3/b21-20+. The van der Waals surface area contributed by atoms with E-state index in [2.05, 4.69) is 6.58 Å². The van der Waals surface area contributed by atoms with Crippen LogP contribution in [-0.2, 0) is 9.53 Å². The van der Waals surface area contributed by atoms with Gasteiger partial charge in [-0.3, -0.25) is 0 Å². The van der Waals surface area contributed by atoms with E-state index in [1.807, 2.05) is 48.5 Å². The molecule has 0 aliphatic carbocycles. The molecule has 0 radical (unpaired) electrons. The Labute approximate surface area is 154 Å². The summed E-state index contributed by atoms with van der Waals surface area (Å²) >= 11 is 0. The summed E-state index contributed by atoms with van der Waals surface area (Å²) in [6.07, 6.45) is 3.20. The number of unbranched alkanes of at least 4 members (excludes halogenated alkanes) is 1. The normalized spacial score (nSPS) is 11.1. The zero-order valence-electron chi connectivity index (χ0n) is 14.8. The van der Waals surface area contributed by atoms with Gasteiger partial charge in [-0.15, -0.1) is 6.58 Å². The van der Waals surface area contributed by atoms with Crippen LogP contribution in [0.15, 0.2) is 72.8 Å². The maximum Gasteiger partial charge on any atom is 0.349 e. The Hall–Kier alpha value is -3.32. The van der Waals surface area contributed by atoms with Gasteiger partial charge in [0.25, 0.3) is 0 Å². The highest BCUT2D eigenvalue weighted by Crippen LogP contribution is 2.29. The Bertz CT molecular complexity index is 815. The van der Waals surface area contributed by atoms with E-state index in [1.165, 1.54) is 0 Å². The van der Waals surface area contributed by atoms with Crippen LogP contribution < -0.4 is 4.74 Å². The van der Waals surface area contributed by atoms with E-state index < -0.39 is 5.97 Å². The summed E-state index contributed by atoms with van der Waals surface area (Å²) in [5, 5.41) is 9.64. The van der Waals surface area contributed by atoms with Gasteiger partial charge in [-0.2, -0.15) is 5.26 Å². The van der Waals surface area contributed by atoms with E-state index in [0.717, 1.165) is 17.5 Å². The number of methoxy groups -OCH3 is 1. The van der Waals surface area contributed by atoms with Crippen molar-refractivity contribution in [3.05, 3.63) is 84.0 Å². The molecule has 0 spiro atoms. The second kappa shape index (κ2) is 9.85. The van der Waals surface area contributed by atoms with Crippen LogP contribution in [0.5, 0.6) is 5.75 Å². The average molecular weight is 347 g/mol. The van der Waals surface area contributed by atoms with Gasteiger partial charge in [0.15, 0.2) is 0 Å². The number of allylic oxidation sites excluding steroid dienone is 1. The van der Waals surface area contributed by atoms with Gasteiger partial charge in [0.1, 0.15) is 17.4 Å². The SMILES string of the molecule is C=CCCCOC(=O)/C(C#N)=C(\c1ccccc1)c1ccc(OC)cc1. The van der Waals surface area contributed by atoms with E-state index in [0.29, 0.717) is 17.7 Å². The topological polar surface area (TPSA) is 59.3 Å². The van der Waals surface area contributed by atoms with Crippen molar-refractivity contribution < 1.29 is 14.3 Å². The first kappa shape index (κ1) is 19.0. The fourth-order valence-corrected chi connectivity index (χ4v) is 2.49. The molecule has 2 rings (SSSR count). The Morgan fingerprint density at radius 2 is 1.77 bits per heavy atom.